The molecule has 1 aromatic carbocycles. The summed E-state index contributed by atoms with van der Waals surface area (Å²) in [5.74, 6) is -0.857. The molecule has 1 fully saturated rings. The van der Waals surface area contributed by atoms with Crippen LogP contribution in [-0.2, 0) is 14.6 Å². The number of aliphatic hydroxyl groups is 1. The van der Waals surface area contributed by atoms with Crippen LogP contribution in [0.25, 0.3) is 0 Å². The molecule has 18 heavy (non-hydrogen) atoms. The van der Waals surface area contributed by atoms with Gasteiger partial charge in [-0.15, -0.1) is 0 Å². The van der Waals surface area contributed by atoms with Crippen molar-refractivity contribution >= 4 is 15.8 Å². The number of hydrogen-bond donors (Lipinski definition) is 2. The van der Waals surface area contributed by atoms with Gasteiger partial charge in [-0.3, -0.25) is 0 Å². The Hall–Kier alpha value is -1.60. The van der Waals surface area contributed by atoms with Gasteiger partial charge in [0.1, 0.15) is 11.9 Å². The smallest absolute Gasteiger partial charge is 0.337 e. The van der Waals surface area contributed by atoms with Gasteiger partial charge < -0.3 is 14.9 Å². The van der Waals surface area contributed by atoms with Gasteiger partial charge in [0.15, 0.2) is 15.9 Å². The minimum absolute atomic E-state index is 0.00645. The first-order valence-corrected chi connectivity index (χ1v) is 7.07. The molecule has 0 amide bonds. The van der Waals surface area contributed by atoms with Crippen LogP contribution >= 0.6 is 0 Å². The van der Waals surface area contributed by atoms with Crippen LogP contribution < -0.4 is 4.74 Å². The summed E-state index contributed by atoms with van der Waals surface area (Å²) in [5.41, 5.74) is 0.246. The largest absolute Gasteiger partial charge is 0.488 e. The van der Waals surface area contributed by atoms with E-state index in [4.69, 9.17) is 9.84 Å². The molecule has 1 aliphatic rings. The van der Waals surface area contributed by atoms with Crippen LogP contribution in [0.3, 0.4) is 0 Å². The lowest BCUT2D eigenvalue weighted by Crippen LogP contribution is -2.45. The van der Waals surface area contributed by atoms with Crippen LogP contribution in [-0.4, -0.2) is 42.2 Å². The molecule has 98 valence electrons. The van der Waals surface area contributed by atoms with Gasteiger partial charge in [-0.25, -0.2) is 13.2 Å². The third-order valence-corrected chi connectivity index (χ3v) is 4.37. The van der Waals surface area contributed by atoms with Crippen molar-refractivity contribution in [3.8, 4) is 5.75 Å². The Kier molecular flexibility index (Phi) is 3.27. The molecule has 1 unspecified atom stereocenters. The van der Waals surface area contributed by atoms with Crippen molar-refractivity contribution in [1.29, 1.82) is 0 Å². The molecule has 6 nitrogen and oxygen atoms in total. The summed E-state index contributed by atoms with van der Waals surface area (Å²) in [4.78, 5) is 10.5. The molecular formula is C11H12O6S. The maximum Gasteiger partial charge on any atom is 0.337 e. The van der Waals surface area contributed by atoms with Gasteiger partial charge in [0.05, 0.1) is 11.5 Å². The van der Waals surface area contributed by atoms with E-state index in [1.54, 1.807) is 0 Å². The molecule has 2 N–H and O–H groups in total. The van der Waals surface area contributed by atoms with Gasteiger partial charge in [0.2, 0.25) is 0 Å². The summed E-state index contributed by atoms with van der Waals surface area (Å²) >= 11 is 0. The topological polar surface area (TPSA) is 101 Å². The van der Waals surface area contributed by atoms with Crippen molar-refractivity contribution in [2.45, 2.75) is 12.2 Å². The third-order valence-electron chi connectivity index (χ3n) is 2.61. The number of carbonyl (C=O) groups is 1. The molecule has 2 rings (SSSR count). The standard InChI is InChI=1S/C11H12O6S/c12-10(11(13)14)7-1-3-8(4-2-7)17-9-5-18(15,16)6-9/h1-4,9-10,12H,5-6H2,(H,13,14). The monoisotopic (exact) mass is 272 g/mol. The van der Waals surface area contributed by atoms with Crippen molar-refractivity contribution in [3.63, 3.8) is 0 Å². The van der Waals surface area contributed by atoms with Crippen LogP contribution in [0.1, 0.15) is 11.7 Å². The molecule has 1 aromatic rings. The highest BCUT2D eigenvalue weighted by molar-refractivity contribution is 7.92. The van der Waals surface area contributed by atoms with Crippen molar-refractivity contribution in [2.24, 2.45) is 0 Å². The minimum Gasteiger partial charge on any atom is -0.488 e. The Bertz CT molecular complexity index is 535. The van der Waals surface area contributed by atoms with Crippen molar-refractivity contribution < 1.29 is 28.2 Å². The summed E-state index contributed by atoms with van der Waals surface area (Å²) < 4.78 is 27.2. The van der Waals surface area contributed by atoms with E-state index in [0.717, 1.165) is 0 Å². The van der Waals surface area contributed by atoms with E-state index in [0.29, 0.717) is 5.75 Å². The summed E-state index contributed by atoms with van der Waals surface area (Å²) in [6.45, 7) is 0. The summed E-state index contributed by atoms with van der Waals surface area (Å²) in [6, 6.07) is 5.88. The summed E-state index contributed by atoms with van der Waals surface area (Å²) in [7, 11) is -2.93. The Balaban J connectivity index is 1.98. The van der Waals surface area contributed by atoms with E-state index >= 15 is 0 Å². The maximum absolute atomic E-state index is 10.9. The number of sulfone groups is 1. The van der Waals surface area contributed by atoms with Crippen molar-refractivity contribution in [3.05, 3.63) is 29.8 Å². The fraction of sp³-hybridized carbons (Fsp3) is 0.364. The zero-order valence-electron chi connectivity index (χ0n) is 9.31. The number of rotatable bonds is 4. The Morgan fingerprint density at radius 1 is 1.28 bits per heavy atom. The highest BCUT2D eigenvalue weighted by Gasteiger charge is 2.35. The van der Waals surface area contributed by atoms with Crippen LogP contribution in [0.5, 0.6) is 5.75 Å². The Morgan fingerprint density at radius 2 is 1.83 bits per heavy atom. The molecule has 0 aliphatic carbocycles. The molecule has 0 aromatic heterocycles. The highest BCUT2D eigenvalue weighted by atomic mass is 32.2. The summed E-state index contributed by atoms with van der Waals surface area (Å²) in [6.07, 6.45) is -1.91. The second-order valence-electron chi connectivity index (χ2n) is 4.13. The molecule has 0 radical (unpaired) electrons. The van der Waals surface area contributed by atoms with E-state index in [-0.39, 0.29) is 23.2 Å². The SMILES string of the molecule is O=C(O)C(O)c1ccc(OC2CS(=O)(=O)C2)cc1. The zero-order valence-corrected chi connectivity index (χ0v) is 10.1. The number of benzene rings is 1. The molecule has 1 atom stereocenters. The van der Waals surface area contributed by atoms with Gasteiger partial charge in [-0.1, -0.05) is 12.1 Å². The quantitative estimate of drug-likeness (QED) is 0.799. The second kappa shape index (κ2) is 4.58. The van der Waals surface area contributed by atoms with Gasteiger partial charge >= 0.3 is 5.97 Å². The molecule has 0 bridgehead atoms. The predicted octanol–water partition coefficient (Wildman–Crippen LogP) is -0.0196. The first kappa shape index (κ1) is 12.8. The molecule has 0 spiro atoms. The van der Waals surface area contributed by atoms with E-state index in [2.05, 4.69) is 0 Å². The average Bonchev–Trinajstić information content (AvgIpc) is 2.26. The lowest BCUT2D eigenvalue weighted by molar-refractivity contribution is -0.146. The van der Waals surface area contributed by atoms with E-state index in [1.807, 2.05) is 0 Å². The normalized spacial score (nSPS) is 19.8. The molecule has 1 aliphatic heterocycles. The lowest BCUT2D eigenvalue weighted by atomic mass is 10.1. The van der Waals surface area contributed by atoms with Crippen molar-refractivity contribution in [1.82, 2.24) is 0 Å². The minimum atomic E-state index is -2.93. The second-order valence-corrected chi connectivity index (χ2v) is 6.28. The lowest BCUT2D eigenvalue weighted by Gasteiger charge is -2.26. The third kappa shape index (κ3) is 2.80. The molecule has 1 heterocycles. The Labute approximate surface area is 104 Å². The fourth-order valence-corrected chi connectivity index (χ4v) is 2.82. The van der Waals surface area contributed by atoms with Gasteiger partial charge in [-0.2, -0.15) is 0 Å². The maximum atomic E-state index is 10.9. The molecule has 1 saturated heterocycles. The predicted molar refractivity (Wildman–Crippen MR) is 62.1 cm³/mol. The average molecular weight is 272 g/mol. The zero-order chi connectivity index (χ0) is 13.3. The first-order chi connectivity index (χ1) is 8.37. The van der Waals surface area contributed by atoms with E-state index in [9.17, 15) is 18.3 Å². The number of ether oxygens (including phenoxy) is 1. The highest BCUT2D eigenvalue weighted by Crippen LogP contribution is 2.22. The number of aliphatic carboxylic acids is 1. The van der Waals surface area contributed by atoms with Gasteiger partial charge in [0.25, 0.3) is 0 Å². The first-order valence-electron chi connectivity index (χ1n) is 5.25. The van der Waals surface area contributed by atoms with Crippen LogP contribution in [0.4, 0.5) is 0 Å². The number of aliphatic hydroxyl groups excluding tert-OH is 1. The Morgan fingerprint density at radius 3 is 2.28 bits per heavy atom. The number of carboxylic acids is 1. The van der Waals surface area contributed by atoms with Crippen LogP contribution in [0, 0.1) is 0 Å². The van der Waals surface area contributed by atoms with E-state index in [1.165, 1.54) is 24.3 Å². The van der Waals surface area contributed by atoms with E-state index < -0.39 is 21.9 Å². The van der Waals surface area contributed by atoms with Crippen molar-refractivity contribution in [2.75, 3.05) is 11.5 Å². The summed E-state index contributed by atoms with van der Waals surface area (Å²) in [5, 5.41) is 17.9. The number of carboxylic acid groups (broad SMARTS) is 1. The van der Waals surface area contributed by atoms with Gasteiger partial charge in [0, 0.05) is 0 Å². The van der Waals surface area contributed by atoms with Gasteiger partial charge in [-0.05, 0) is 17.7 Å². The fourth-order valence-electron chi connectivity index (χ4n) is 1.65. The molecular weight excluding hydrogens is 260 g/mol. The van der Waals surface area contributed by atoms with Crippen LogP contribution in [0.2, 0.25) is 0 Å². The molecule has 7 heteroatoms. The molecule has 0 saturated carbocycles. The number of hydrogen-bond acceptors (Lipinski definition) is 5. The van der Waals surface area contributed by atoms with Crippen LogP contribution in [0.15, 0.2) is 24.3 Å².